The summed E-state index contributed by atoms with van der Waals surface area (Å²) >= 11 is 0. The summed E-state index contributed by atoms with van der Waals surface area (Å²) in [6.45, 7) is 0. The average Bonchev–Trinajstić information content (AvgIpc) is 3.09. The number of nitriles is 1. The quantitative estimate of drug-likeness (QED) is 0.498. The molecule has 0 spiro atoms. The lowest BCUT2D eigenvalue weighted by Crippen LogP contribution is -2.07. The van der Waals surface area contributed by atoms with Gasteiger partial charge < -0.3 is 15.4 Å². The van der Waals surface area contributed by atoms with Gasteiger partial charge in [-0.2, -0.15) is 5.26 Å². The van der Waals surface area contributed by atoms with Gasteiger partial charge in [-0.15, -0.1) is 0 Å². The maximum atomic E-state index is 9.23. The van der Waals surface area contributed by atoms with E-state index in [1.807, 2.05) is 14.1 Å². The van der Waals surface area contributed by atoms with Crippen molar-refractivity contribution in [3.8, 4) is 11.8 Å². The summed E-state index contributed by atoms with van der Waals surface area (Å²) in [5.41, 5.74) is 7.34. The van der Waals surface area contributed by atoms with Crippen molar-refractivity contribution in [2.45, 2.75) is 18.9 Å². The van der Waals surface area contributed by atoms with E-state index in [9.17, 15) is 5.26 Å². The zero-order valence-corrected chi connectivity index (χ0v) is 10.6. The van der Waals surface area contributed by atoms with Crippen LogP contribution >= 0.6 is 0 Å². The lowest BCUT2D eigenvalue weighted by Gasteiger charge is -2.10. The van der Waals surface area contributed by atoms with Crippen molar-refractivity contribution >= 4 is 17.7 Å². The second-order valence-electron chi connectivity index (χ2n) is 4.55. The third-order valence-electron chi connectivity index (χ3n) is 2.46. The van der Waals surface area contributed by atoms with E-state index in [4.69, 9.17) is 10.5 Å². The van der Waals surface area contributed by atoms with Gasteiger partial charge in [0.05, 0.1) is 18.1 Å². The van der Waals surface area contributed by atoms with E-state index in [-0.39, 0.29) is 6.10 Å². The van der Waals surface area contributed by atoms with Gasteiger partial charge in [-0.1, -0.05) is 0 Å². The van der Waals surface area contributed by atoms with E-state index < -0.39 is 0 Å². The Balaban J connectivity index is 2.37. The standard InChI is InChI=1S/C13H16N4O/c1-17(2)8-16-12-5-9(15)6-13(11(12)7-14)18-10-3-4-10/h5-6,8,10H,3-4,15H2,1-2H3/b16-8+. The van der Waals surface area contributed by atoms with Crippen LogP contribution < -0.4 is 10.5 Å². The minimum atomic E-state index is 0.226. The maximum absolute atomic E-state index is 9.23. The molecule has 94 valence electrons. The molecule has 5 nitrogen and oxygen atoms in total. The topological polar surface area (TPSA) is 74.6 Å². The molecule has 0 amide bonds. The van der Waals surface area contributed by atoms with Crippen LogP contribution in [0.3, 0.4) is 0 Å². The molecule has 1 aliphatic rings. The van der Waals surface area contributed by atoms with Gasteiger partial charge >= 0.3 is 0 Å². The van der Waals surface area contributed by atoms with Crippen molar-refractivity contribution in [2.24, 2.45) is 4.99 Å². The first-order valence-electron chi connectivity index (χ1n) is 5.81. The van der Waals surface area contributed by atoms with Crippen LogP contribution in [-0.4, -0.2) is 31.4 Å². The first kappa shape index (κ1) is 12.2. The highest BCUT2D eigenvalue weighted by Crippen LogP contribution is 2.35. The maximum Gasteiger partial charge on any atom is 0.141 e. The number of benzene rings is 1. The summed E-state index contributed by atoms with van der Waals surface area (Å²) < 4.78 is 5.69. The summed E-state index contributed by atoms with van der Waals surface area (Å²) in [6, 6.07) is 5.50. The minimum absolute atomic E-state index is 0.226. The Morgan fingerprint density at radius 1 is 1.50 bits per heavy atom. The molecule has 2 rings (SSSR count). The summed E-state index contributed by atoms with van der Waals surface area (Å²) in [6.07, 6.45) is 3.94. The van der Waals surface area contributed by atoms with Crippen molar-refractivity contribution in [1.29, 1.82) is 5.26 Å². The predicted molar refractivity (Wildman–Crippen MR) is 71.1 cm³/mol. The van der Waals surface area contributed by atoms with Gasteiger partial charge in [0.25, 0.3) is 0 Å². The number of ether oxygens (including phenoxy) is 1. The molecule has 0 saturated heterocycles. The molecule has 1 aliphatic carbocycles. The molecular weight excluding hydrogens is 228 g/mol. The third kappa shape index (κ3) is 2.92. The molecule has 1 aromatic carbocycles. The second-order valence-corrected chi connectivity index (χ2v) is 4.55. The zero-order chi connectivity index (χ0) is 13.1. The van der Waals surface area contributed by atoms with Crippen LogP contribution in [0.1, 0.15) is 18.4 Å². The molecule has 1 aromatic rings. The molecule has 1 fully saturated rings. The highest BCUT2D eigenvalue weighted by molar-refractivity contribution is 5.72. The Kier molecular flexibility index (Phi) is 3.38. The molecule has 0 heterocycles. The van der Waals surface area contributed by atoms with Crippen LogP contribution in [0.4, 0.5) is 11.4 Å². The molecule has 0 aliphatic heterocycles. The van der Waals surface area contributed by atoms with E-state index in [1.54, 1.807) is 23.4 Å². The summed E-state index contributed by atoms with van der Waals surface area (Å²) in [4.78, 5) is 6.04. The average molecular weight is 244 g/mol. The molecule has 2 N–H and O–H groups in total. The van der Waals surface area contributed by atoms with E-state index in [0.717, 1.165) is 12.8 Å². The summed E-state index contributed by atoms with van der Waals surface area (Å²) in [5.74, 6) is 0.533. The van der Waals surface area contributed by atoms with E-state index in [2.05, 4.69) is 11.1 Å². The van der Waals surface area contributed by atoms with Gasteiger partial charge in [-0.25, -0.2) is 4.99 Å². The highest BCUT2D eigenvalue weighted by Gasteiger charge is 2.25. The Hall–Kier alpha value is -2.22. The van der Waals surface area contributed by atoms with Crippen molar-refractivity contribution in [2.75, 3.05) is 19.8 Å². The summed E-state index contributed by atoms with van der Waals surface area (Å²) in [5, 5.41) is 9.23. The molecule has 0 radical (unpaired) electrons. The van der Waals surface area contributed by atoms with Crippen LogP contribution in [0.15, 0.2) is 17.1 Å². The number of nitrogens with two attached hydrogens (primary N) is 1. The van der Waals surface area contributed by atoms with Crippen molar-refractivity contribution in [1.82, 2.24) is 4.90 Å². The van der Waals surface area contributed by atoms with Crippen LogP contribution in [0.5, 0.6) is 5.75 Å². The smallest absolute Gasteiger partial charge is 0.141 e. The molecule has 0 bridgehead atoms. The van der Waals surface area contributed by atoms with E-state index in [0.29, 0.717) is 22.7 Å². The molecule has 0 aromatic heterocycles. The Morgan fingerprint density at radius 3 is 2.78 bits per heavy atom. The van der Waals surface area contributed by atoms with Gasteiger partial charge in [0, 0.05) is 25.8 Å². The van der Waals surface area contributed by atoms with Crippen molar-refractivity contribution in [3.63, 3.8) is 0 Å². The van der Waals surface area contributed by atoms with Crippen LogP contribution in [0, 0.1) is 11.3 Å². The van der Waals surface area contributed by atoms with Crippen molar-refractivity contribution < 1.29 is 4.74 Å². The number of aliphatic imine (C=N–C) groups is 1. The highest BCUT2D eigenvalue weighted by atomic mass is 16.5. The fourth-order valence-electron chi connectivity index (χ4n) is 1.47. The van der Waals surface area contributed by atoms with Gasteiger partial charge in [-0.3, -0.25) is 0 Å². The number of anilines is 1. The molecule has 18 heavy (non-hydrogen) atoms. The molecule has 0 atom stereocenters. The Labute approximate surface area is 106 Å². The lowest BCUT2D eigenvalue weighted by molar-refractivity contribution is 0.302. The number of nitrogens with zero attached hydrogens (tertiary/aromatic N) is 3. The number of hydrogen-bond donors (Lipinski definition) is 1. The normalized spacial score (nSPS) is 14.5. The number of hydrogen-bond acceptors (Lipinski definition) is 4. The van der Waals surface area contributed by atoms with Gasteiger partial charge in [-0.05, 0) is 18.9 Å². The van der Waals surface area contributed by atoms with Crippen LogP contribution in [-0.2, 0) is 0 Å². The monoisotopic (exact) mass is 244 g/mol. The largest absolute Gasteiger partial charge is 0.489 e. The first-order chi connectivity index (χ1) is 8.60. The Bertz CT molecular complexity index is 512. The summed E-state index contributed by atoms with van der Waals surface area (Å²) in [7, 11) is 3.73. The molecule has 0 unspecified atom stereocenters. The van der Waals surface area contributed by atoms with Gasteiger partial charge in [0.2, 0.25) is 0 Å². The zero-order valence-electron chi connectivity index (χ0n) is 10.6. The van der Waals surface area contributed by atoms with Crippen LogP contribution in [0.2, 0.25) is 0 Å². The lowest BCUT2D eigenvalue weighted by atomic mass is 10.1. The minimum Gasteiger partial charge on any atom is -0.489 e. The first-order valence-corrected chi connectivity index (χ1v) is 5.81. The molecular formula is C13H16N4O. The van der Waals surface area contributed by atoms with Crippen molar-refractivity contribution in [3.05, 3.63) is 17.7 Å². The molecule has 5 heteroatoms. The predicted octanol–water partition coefficient (Wildman–Crippen LogP) is 1.90. The van der Waals surface area contributed by atoms with Gasteiger partial charge in [0.1, 0.15) is 17.4 Å². The van der Waals surface area contributed by atoms with E-state index in [1.165, 1.54) is 0 Å². The number of nitrogen functional groups attached to an aromatic ring is 1. The fraction of sp³-hybridized carbons (Fsp3) is 0.385. The number of rotatable bonds is 4. The fourth-order valence-corrected chi connectivity index (χ4v) is 1.47. The second kappa shape index (κ2) is 4.96. The van der Waals surface area contributed by atoms with Gasteiger partial charge in [0.15, 0.2) is 0 Å². The molecule has 1 saturated carbocycles. The Morgan fingerprint density at radius 2 is 2.22 bits per heavy atom. The third-order valence-corrected chi connectivity index (χ3v) is 2.46. The SMILES string of the molecule is CN(C)/C=N/c1cc(N)cc(OC2CC2)c1C#N. The van der Waals surface area contributed by atoms with E-state index >= 15 is 0 Å². The van der Waals surface area contributed by atoms with Crippen LogP contribution in [0.25, 0.3) is 0 Å².